The zero-order valence-corrected chi connectivity index (χ0v) is 19.9. The molecule has 0 fully saturated rings. The molecule has 0 aliphatic carbocycles. The Morgan fingerprint density at radius 3 is 2.44 bits per heavy atom. The smallest absolute Gasteiger partial charge is 0.190 e. The summed E-state index contributed by atoms with van der Waals surface area (Å²) >= 11 is 0. The van der Waals surface area contributed by atoms with Gasteiger partial charge < -0.3 is 20.3 Å². The van der Waals surface area contributed by atoms with E-state index in [4.69, 9.17) is 4.74 Å². The van der Waals surface area contributed by atoms with Crippen LogP contribution in [0.15, 0.2) is 35.3 Å². The van der Waals surface area contributed by atoms with Crippen molar-refractivity contribution in [1.29, 1.82) is 0 Å². The largest absolute Gasteiger partial charge is 0.376 e. The molecule has 1 rings (SSSR count). The third kappa shape index (κ3) is 13.0. The fourth-order valence-corrected chi connectivity index (χ4v) is 2.71. The lowest BCUT2D eigenvalue weighted by atomic mass is 10.2. The summed E-state index contributed by atoms with van der Waals surface area (Å²) in [6.07, 6.45) is 2.38. The number of benzene rings is 1. The lowest BCUT2D eigenvalue weighted by molar-refractivity contribution is 0.0931. The van der Waals surface area contributed by atoms with E-state index in [1.807, 2.05) is 25.2 Å². The molecule has 0 radical (unpaired) electrons. The predicted molar refractivity (Wildman–Crippen MR) is 127 cm³/mol. The monoisotopic (exact) mass is 490 g/mol. The van der Waals surface area contributed by atoms with E-state index < -0.39 is 0 Å². The molecule has 1 unspecified atom stereocenters. The van der Waals surface area contributed by atoms with E-state index in [1.165, 1.54) is 18.5 Å². The second kappa shape index (κ2) is 17.3. The Kier molecular flexibility index (Phi) is 16.7. The highest BCUT2D eigenvalue weighted by Crippen LogP contribution is 2.02. The maximum Gasteiger partial charge on any atom is 0.190 e. The van der Waals surface area contributed by atoms with Gasteiger partial charge in [-0.05, 0) is 44.0 Å². The van der Waals surface area contributed by atoms with Crippen LogP contribution < -0.4 is 10.6 Å². The van der Waals surface area contributed by atoms with Crippen molar-refractivity contribution in [3.63, 3.8) is 0 Å². The first-order valence-corrected chi connectivity index (χ1v) is 9.98. The minimum Gasteiger partial charge on any atom is -0.376 e. The average molecular weight is 490 g/mol. The highest BCUT2D eigenvalue weighted by molar-refractivity contribution is 14.0. The van der Waals surface area contributed by atoms with Gasteiger partial charge in [-0.15, -0.1) is 24.0 Å². The third-order valence-corrected chi connectivity index (χ3v) is 4.44. The number of ether oxygens (including phenoxy) is 1. The fourth-order valence-electron chi connectivity index (χ4n) is 2.71. The molecule has 0 bridgehead atoms. The van der Waals surface area contributed by atoms with Crippen LogP contribution in [-0.4, -0.2) is 57.2 Å². The first-order valence-electron chi connectivity index (χ1n) is 9.98. The maximum absolute atomic E-state index is 5.80. The topological polar surface area (TPSA) is 48.9 Å². The van der Waals surface area contributed by atoms with E-state index in [1.54, 1.807) is 0 Å². The number of hydrogen-bond acceptors (Lipinski definition) is 3. The van der Waals surface area contributed by atoms with E-state index in [0.29, 0.717) is 12.5 Å². The summed E-state index contributed by atoms with van der Waals surface area (Å²) in [6, 6.07) is 10.3. The van der Waals surface area contributed by atoms with E-state index in [-0.39, 0.29) is 24.0 Å². The summed E-state index contributed by atoms with van der Waals surface area (Å²) in [5, 5.41) is 6.78. The molecule has 2 N–H and O–H groups in total. The van der Waals surface area contributed by atoms with Gasteiger partial charge in [0.1, 0.15) is 0 Å². The number of rotatable bonds is 13. The summed E-state index contributed by atoms with van der Waals surface area (Å²) < 4.78 is 5.80. The van der Waals surface area contributed by atoms with Crippen LogP contribution in [0.4, 0.5) is 0 Å². The summed E-state index contributed by atoms with van der Waals surface area (Å²) in [7, 11) is 1.82. The Bertz CT molecular complexity index is 480. The Balaban J connectivity index is 0.00000676. The minimum atomic E-state index is 0. The van der Waals surface area contributed by atoms with Crippen molar-refractivity contribution in [2.24, 2.45) is 10.9 Å². The van der Waals surface area contributed by atoms with Gasteiger partial charge in [0.15, 0.2) is 5.96 Å². The van der Waals surface area contributed by atoms with Crippen LogP contribution in [0.3, 0.4) is 0 Å². The van der Waals surface area contributed by atoms with Crippen molar-refractivity contribution >= 4 is 29.9 Å². The van der Waals surface area contributed by atoms with E-state index in [2.05, 4.69) is 53.4 Å². The Morgan fingerprint density at radius 1 is 1.11 bits per heavy atom. The van der Waals surface area contributed by atoms with Crippen molar-refractivity contribution in [3.05, 3.63) is 35.9 Å². The molecule has 0 amide bonds. The first-order chi connectivity index (χ1) is 12.7. The van der Waals surface area contributed by atoms with E-state index in [9.17, 15) is 0 Å². The van der Waals surface area contributed by atoms with Crippen LogP contribution in [0.1, 0.15) is 39.2 Å². The van der Waals surface area contributed by atoms with Crippen molar-refractivity contribution in [1.82, 2.24) is 15.5 Å². The van der Waals surface area contributed by atoms with Crippen molar-refractivity contribution in [2.45, 2.75) is 40.2 Å². The molecule has 0 aliphatic heterocycles. The van der Waals surface area contributed by atoms with Crippen LogP contribution >= 0.6 is 24.0 Å². The van der Waals surface area contributed by atoms with Gasteiger partial charge in [-0.1, -0.05) is 51.1 Å². The number of hydrogen-bond donors (Lipinski definition) is 2. The molecule has 5 nitrogen and oxygen atoms in total. The summed E-state index contributed by atoms with van der Waals surface area (Å²) in [6.45, 7) is 13.3. The van der Waals surface area contributed by atoms with Gasteiger partial charge in [0, 0.05) is 20.1 Å². The van der Waals surface area contributed by atoms with Gasteiger partial charge in [-0.3, -0.25) is 4.99 Å². The maximum atomic E-state index is 5.80. The van der Waals surface area contributed by atoms with Crippen LogP contribution in [-0.2, 0) is 11.3 Å². The number of nitrogens with one attached hydrogen (secondary N) is 2. The van der Waals surface area contributed by atoms with Crippen LogP contribution in [0.5, 0.6) is 0 Å². The quantitative estimate of drug-likeness (QED) is 0.192. The number of nitrogens with zero attached hydrogens (tertiary/aromatic N) is 2. The SMILES string of the molecule is CCN(CC)CCCCNC(=NC)NCC(C)COCc1ccccc1.I. The molecule has 0 saturated carbocycles. The number of unbranched alkanes of at least 4 members (excludes halogenated alkanes) is 1. The normalized spacial score (nSPS) is 12.6. The molecule has 1 atom stereocenters. The highest BCUT2D eigenvalue weighted by Gasteiger charge is 2.05. The molecule has 0 heterocycles. The molecular weight excluding hydrogens is 451 g/mol. The number of aliphatic imine (C=N–C) groups is 1. The van der Waals surface area contributed by atoms with Gasteiger partial charge in [0.05, 0.1) is 13.2 Å². The minimum absolute atomic E-state index is 0. The van der Waals surface area contributed by atoms with Crippen molar-refractivity contribution in [2.75, 3.05) is 46.4 Å². The zero-order chi connectivity index (χ0) is 19.0. The van der Waals surface area contributed by atoms with Gasteiger partial charge in [0.25, 0.3) is 0 Å². The van der Waals surface area contributed by atoms with Crippen LogP contribution in [0.25, 0.3) is 0 Å². The third-order valence-electron chi connectivity index (χ3n) is 4.44. The van der Waals surface area contributed by atoms with E-state index >= 15 is 0 Å². The highest BCUT2D eigenvalue weighted by atomic mass is 127. The van der Waals surface area contributed by atoms with Crippen molar-refractivity contribution < 1.29 is 4.74 Å². The second-order valence-corrected chi connectivity index (χ2v) is 6.72. The van der Waals surface area contributed by atoms with Gasteiger partial charge >= 0.3 is 0 Å². The fraction of sp³-hybridized carbons (Fsp3) is 0.667. The van der Waals surface area contributed by atoms with Gasteiger partial charge in [-0.2, -0.15) is 0 Å². The molecule has 1 aromatic carbocycles. The Morgan fingerprint density at radius 2 is 1.81 bits per heavy atom. The number of guanidine groups is 1. The lowest BCUT2D eigenvalue weighted by Crippen LogP contribution is -2.40. The molecular formula is C21H39IN4O. The molecule has 0 aromatic heterocycles. The molecule has 6 heteroatoms. The predicted octanol–water partition coefficient (Wildman–Crippen LogP) is 3.74. The van der Waals surface area contributed by atoms with E-state index in [0.717, 1.165) is 45.2 Å². The zero-order valence-electron chi connectivity index (χ0n) is 17.5. The standard InChI is InChI=1S/C21H38N4O.HI/c1-5-25(6-2)15-11-10-14-23-21(22-4)24-16-19(3)17-26-18-20-12-8-7-9-13-20;/h7-9,12-13,19H,5-6,10-11,14-18H2,1-4H3,(H2,22,23,24);1H. The first kappa shape index (κ1) is 26.1. The molecule has 156 valence electrons. The molecule has 1 aromatic rings. The van der Waals surface area contributed by atoms with Crippen LogP contribution in [0.2, 0.25) is 0 Å². The summed E-state index contributed by atoms with van der Waals surface area (Å²) in [5.74, 6) is 1.31. The Labute approximate surface area is 183 Å². The average Bonchev–Trinajstić information content (AvgIpc) is 2.68. The molecule has 0 aliphatic rings. The summed E-state index contributed by atoms with van der Waals surface area (Å²) in [5.41, 5.74) is 1.22. The Hall–Kier alpha value is -0.860. The van der Waals surface area contributed by atoms with Crippen LogP contribution in [0, 0.1) is 5.92 Å². The molecule has 0 spiro atoms. The molecule has 27 heavy (non-hydrogen) atoms. The molecule has 0 saturated heterocycles. The lowest BCUT2D eigenvalue weighted by Gasteiger charge is -2.18. The van der Waals surface area contributed by atoms with Crippen molar-refractivity contribution in [3.8, 4) is 0 Å². The van der Waals surface area contributed by atoms with Gasteiger partial charge in [-0.25, -0.2) is 0 Å². The number of halogens is 1. The summed E-state index contributed by atoms with van der Waals surface area (Å²) in [4.78, 5) is 6.76. The second-order valence-electron chi connectivity index (χ2n) is 6.72. The van der Waals surface area contributed by atoms with Gasteiger partial charge in [0.2, 0.25) is 0 Å².